The minimum Gasteiger partial charge on any atom is -0.462 e. The number of aliphatic hydroxyl groups excluding tert-OH is 1. The number of hydrogen-bond acceptors (Lipinski definition) is 5. The smallest absolute Gasteiger partial charge is 0.312 e. The molecule has 4 saturated carbocycles. The lowest BCUT2D eigenvalue weighted by molar-refractivity contribution is -0.173. The van der Waals surface area contributed by atoms with E-state index in [0.29, 0.717) is 30.8 Å². The fraction of sp³-hybridized carbons (Fsp3) is 0.958. The highest BCUT2D eigenvalue weighted by atomic mass is 16.7. The van der Waals surface area contributed by atoms with Crippen LogP contribution in [0.5, 0.6) is 0 Å². The predicted molar refractivity (Wildman–Crippen MR) is 108 cm³/mol. The van der Waals surface area contributed by atoms with E-state index in [1.165, 1.54) is 38.5 Å². The first-order chi connectivity index (χ1) is 14.0. The molecule has 0 aromatic carbocycles. The second-order valence-electron chi connectivity index (χ2n) is 11.2. The first kappa shape index (κ1) is 20.3. The highest BCUT2D eigenvalue weighted by Crippen LogP contribution is 2.52. The average molecular weight is 407 g/mol. The van der Waals surface area contributed by atoms with E-state index < -0.39 is 5.41 Å². The summed E-state index contributed by atoms with van der Waals surface area (Å²) in [4.78, 5) is 13.1. The van der Waals surface area contributed by atoms with E-state index in [1.807, 2.05) is 0 Å². The van der Waals surface area contributed by atoms with E-state index in [0.717, 1.165) is 37.5 Å². The molecule has 1 saturated heterocycles. The van der Waals surface area contributed by atoms with Gasteiger partial charge in [0.2, 0.25) is 0 Å². The predicted octanol–water partition coefficient (Wildman–Crippen LogP) is 4.06. The maximum atomic E-state index is 13.1. The van der Waals surface area contributed by atoms with Crippen molar-refractivity contribution >= 4 is 5.97 Å². The molecule has 29 heavy (non-hydrogen) atoms. The zero-order chi connectivity index (χ0) is 20.0. The molecule has 164 valence electrons. The zero-order valence-electron chi connectivity index (χ0n) is 17.9. The van der Waals surface area contributed by atoms with Crippen LogP contribution in [-0.2, 0) is 19.0 Å². The Balaban J connectivity index is 1.13. The molecular weight excluding hydrogens is 368 g/mol. The summed E-state index contributed by atoms with van der Waals surface area (Å²) in [5, 5.41) is 10.3. The SMILES string of the molecule is CC1CC2CC(O)CC(C(=O)OCC3COC(C4CC5CCCC(C5)C4)O3)(C1)C2. The third-order valence-corrected chi connectivity index (χ3v) is 8.54. The van der Waals surface area contributed by atoms with Gasteiger partial charge in [-0.25, -0.2) is 0 Å². The fourth-order valence-corrected chi connectivity index (χ4v) is 7.69. The van der Waals surface area contributed by atoms with Crippen molar-refractivity contribution in [1.29, 1.82) is 0 Å². The number of carbonyl (C=O) groups excluding carboxylic acids is 1. The molecule has 8 atom stereocenters. The lowest BCUT2D eigenvalue weighted by Gasteiger charge is -2.47. The Hall–Kier alpha value is -0.650. The Bertz CT molecular complexity index is 575. The number of rotatable bonds is 4. The Morgan fingerprint density at radius 3 is 2.62 bits per heavy atom. The van der Waals surface area contributed by atoms with Crippen LogP contribution < -0.4 is 0 Å². The van der Waals surface area contributed by atoms with Crippen molar-refractivity contribution in [2.45, 2.75) is 96.1 Å². The second kappa shape index (κ2) is 8.12. The Labute approximate surface area is 174 Å². The molecule has 5 rings (SSSR count). The molecule has 1 heterocycles. The molecular formula is C24H38O5. The summed E-state index contributed by atoms with van der Waals surface area (Å²) in [7, 11) is 0. The summed E-state index contributed by atoms with van der Waals surface area (Å²) < 4.78 is 18.0. The minimum atomic E-state index is -0.486. The maximum absolute atomic E-state index is 13.1. The van der Waals surface area contributed by atoms with Crippen molar-refractivity contribution in [2.75, 3.05) is 13.2 Å². The average Bonchev–Trinajstić information content (AvgIpc) is 3.13. The van der Waals surface area contributed by atoms with Crippen molar-refractivity contribution in [3.63, 3.8) is 0 Å². The van der Waals surface area contributed by atoms with E-state index in [2.05, 4.69) is 6.92 Å². The van der Waals surface area contributed by atoms with Gasteiger partial charge in [0.15, 0.2) is 6.29 Å². The van der Waals surface area contributed by atoms with Crippen LogP contribution in [0.3, 0.4) is 0 Å². The summed E-state index contributed by atoms with van der Waals surface area (Å²) in [6, 6.07) is 0. The number of esters is 1. The van der Waals surface area contributed by atoms with Crippen LogP contribution in [0.25, 0.3) is 0 Å². The molecule has 0 aromatic rings. The topological polar surface area (TPSA) is 65.0 Å². The van der Waals surface area contributed by atoms with Crippen LogP contribution in [0.4, 0.5) is 0 Å². The van der Waals surface area contributed by atoms with Crippen molar-refractivity contribution in [3.8, 4) is 0 Å². The zero-order valence-corrected chi connectivity index (χ0v) is 17.9. The molecule has 0 radical (unpaired) electrons. The standard InChI is InChI=1S/C24H38O5/c1-15-5-18-9-20(25)12-24(10-15,11-18)23(26)28-14-21-13-27-22(29-21)19-7-16-3-2-4-17(6-16)8-19/h15-22,25H,2-14H2,1H3. The van der Waals surface area contributed by atoms with Crippen LogP contribution >= 0.6 is 0 Å². The van der Waals surface area contributed by atoms with Gasteiger partial charge in [-0.1, -0.05) is 26.2 Å². The van der Waals surface area contributed by atoms with Crippen molar-refractivity contribution in [1.82, 2.24) is 0 Å². The lowest BCUT2D eigenvalue weighted by Crippen LogP contribution is -2.47. The molecule has 1 N–H and O–H groups in total. The minimum absolute atomic E-state index is 0.115. The van der Waals surface area contributed by atoms with Gasteiger partial charge in [-0.05, 0) is 75.0 Å². The maximum Gasteiger partial charge on any atom is 0.312 e. The van der Waals surface area contributed by atoms with Crippen molar-refractivity contribution < 1.29 is 24.1 Å². The van der Waals surface area contributed by atoms with Gasteiger partial charge in [0, 0.05) is 5.92 Å². The Kier molecular flexibility index (Phi) is 5.68. The first-order valence-corrected chi connectivity index (χ1v) is 12.1. The molecule has 5 nitrogen and oxygen atoms in total. The molecule has 0 aromatic heterocycles. The van der Waals surface area contributed by atoms with Gasteiger partial charge < -0.3 is 19.3 Å². The van der Waals surface area contributed by atoms with E-state index in [1.54, 1.807) is 0 Å². The highest BCUT2D eigenvalue weighted by molar-refractivity contribution is 5.77. The summed E-state index contributed by atoms with van der Waals surface area (Å²) in [5.74, 6) is 3.08. The quantitative estimate of drug-likeness (QED) is 0.713. The molecule has 4 aliphatic carbocycles. The van der Waals surface area contributed by atoms with E-state index in [4.69, 9.17) is 14.2 Å². The fourth-order valence-electron chi connectivity index (χ4n) is 7.69. The largest absolute Gasteiger partial charge is 0.462 e. The summed E-state index contributed by atoms with van der Waals surface area (Å²) in [6.45, 7) is 3.04. The summed E-state index contributed by atoms with van der Waals surface area (Å²) in [6.07, 6.45) is 11.6. The summed E-state index contributed by atoms with van der Waals surface area (Å²) >= 11 is 0. The van der Waals surface area contributed by atoms with Gasteiger partial charge >= 0.3 is 5.97 Å². The molecule has 0 amide bonds. The van der Waals surface area contributed by atoms with Crippen molar-refractivity contribution in [2.24, 2.45) is 35.0 Å². The number of carbonyl (C=O) groups is 1. The lowest BCUT2D eigenvalue weighted by atomic mass is 9.58. The first-order valence-electron chi connectivity index (χ1n) is 12.1. The van der Waals surface area contributed by atoms with Crippen LogP contribution in [0, 0.1) is 35.0 Å². The van der Waals surface area contributed by atoms with E-state index in [9.17, 15) is 9.90 Å². The van der Waals surface area contributed by atoms with Gasteiger partial charge in [-0.3, -0.25) is 4.79 Å². The second-order valence-corrected chi connectivity index (χ2v) is 11.2. The van der Waals surface area contributed by atoms with Gasteiger partial charge in [0.05, 0.1) is 18.1 Å². The molecule has 1 aliphatic heterocycles. The summed E-state index contributed by atoms with van der Waals surface area (Å²) in [5.41, 5.74) is -0.486. The highest BCUT2D eigenvalue weighted by Gasteiger charge is 2.51. The van der Waals surface area contributed by atoms with E-state index >= 15 is 0 Å². The number of fused-ring (bicyclic) bond motifs is 4. The van der Waals surface area contributed by atoms with Crippen LogP contribution in [0.2, 0.25) is 0 Å². The Morgan fingerprint density at radius 1 is 1.03 bits per heavy atom. The van der Waals surface area contributed by atoms with Gasteiger partial charge in [-0.15, -0.1) is 0 Å². The molecule has 5 fully saturated rings. The monoisotopic (exact) mass is 406 g/mol. The third kappa shape index (κ3) is 4.24. The van der Waals surface area contributed by atoms with Crippen LogP contribution in [0.1, 0.15) is 77.6 Å². The van der Waals surface area contributed by atoms with Crippen LogP contribution in [-0.4, -0.2) is 42.8 Å². The van der Waals surface area contributed by atoms with Gasteiger partial charge in [-0.2, -0.15) is 0 Å². The van der Waals surface area contributed by atoms with Crippen LogP contribution in [0.15, 0.2) is 0 Å². The van der Waals surface area contributed by atoms with Crippen molar-refractivity contribution in [3.05, 3.63) is 0 Å². The number of aliphatic hydroxyl groups is 1. The third-order valence-electron chi connectivity index (χ3n) is 8.54. The molecule has 4 bridgehead atoms. The molecule has 0 spiro atoms. The molecule has 5 heteroatoms. The number of hydrogen-bond donors (Lipinski definition) is 1. The molecule has 5 aliphatic rings. The normalized spacial score (nSPS) is 49.6. The molecule has 8 unspecified atom stereocenters. The van der Waals surface area contributed by atoms with E-state index in [-0.39, 0.29) is 31.1 Å². The van der Waals surface area contributed by atoms with Gasteiger partial charge in [0.25, 0.3) is 0 Å². The Morgan fingerprint density at radius 2 is 1.83 bits per heavy atom. The van der Waals surface area contributed by atoms with Gasteiger partial charge in [0.1, 0.15) is 12.7 Å². The number of ether oxygens (including phenoxy) is 3.